The van der Waals surface area contributed by atoms with Gasteiger partial charge in [-0.3, -0.25) is 14.5 Å². The number of carbonyl (C=O) groups is 2. The first-order valence-electron chi connectivity index (χ1n) is 7.16. The SMILES string of the molecule is Cc1cc(CNC2CC(=O)N(C(C)C)C2=O)cc(C)c1F. The van der Waals surface area contributed by atoms with E-state index in [1.165, 1.54) is 4.90 Å². The fourth-order valence-electron chi connectivity index (χ4n) is 2.73. The molecular formula is C16H21FN2O2. The van der Waals surface area contributed by atoms with Crippen molar-refractivity contribution in [2.45, 2.75) is 52.7 Å². The molecule has 0 bridgehead atoms. The van der Waals surface area contributed by atoms with Crippen molar-refractivity contribution in [3.63, 3.8) is 0 Å². The summed E-state index contributed by atoms with van der Waals surface area (Å²) in [4.78, 5) is 25.3. The number of hydrogen-bond donors (Lipinski definition) is 1. The summed E-state index contributed by atoms with van der Waals surface area (Å²) in [5.41, 5.74) is 2.09. The molecule has 4 nitrogen and oxygen atoms in total. The van der Waals surface area contributed by atoms with E-state index in [0.29, 0.717) is 17.7 Å². The first-order valence-corrected chi connectivity index (χ1v) is 7.16. The second kappa shape index (κ2) is 5.93. The predicted molar refractivity (Wildman–Crippen MR) is 78.1 cm³/mol. The van der Waals surface area contributed by atoms with Crippen molar-refractivity contribution in [3.8, 4) is 0 Å². The first kappa shape index (κ1) is 15.6. The van der Waals surface area contributed by atoms with Crippen molar-refractivity contribution in [1.29, 1.82) is 0 Å². The molecule has 114 valence electrons. The third-order valence-electron chi connectivity index (χ3n) is 3.75. The van der Waals surface area contributed by atoms with Crippen LogP contribution in [0.25, 0.3) is 0 Å². The van der Waals surface area contributed by atoms with Crippen molar-refractivity contribution in [1.82, 2.24) is 10.2 Å². The number of rotatable bonds is 4. The van der Waals surface area contributed by atoms with Gasteiger partial charge in [0.15, 0.2) is 0 Å². The van der Waals surface area contributed by atoms with Gasteiger partial charge < -0.3 is 5.32 Å². The monoisotopic (exact) mass is 292 g/mol. The average Bonchev–Trinajstić information content (AvgIpc) is 2.68. The van der Waals surface area contributed by atoms with Crippen LogP contribution in [0.5, 0.6) is 0 Å². The average molecular weight is 292 g/mol. The maximum Gasteiger partial charge on any atom is 0.247 e. The molecule has 2 amide bonds. The summed E-state index contributed by atoms with van der Waals surface area (Å²) in [6, 6.07) is 2.92. The van der Waals surface area contributed by atoms with Crippen LogP contribution < -0.4 is 5.32 Å². The zero-order valence-corrected chi connectivity index (χ0v) is 12.9. The van der Waals surface area contributed by atoms with Gasteiger partial charge in [-0.05, 0) is 44.4 Å². The maximum absolute atomic E-state index is 13.6. The summed E-state index contributed by atoms with van der Waals surface area (Å²) in [5.74, 6) is -0.513. The molecule has 0 saturated carbocycles. The number of nitrogens with one attached hydrogen (secondary N) is 1. The minimum absolute atomic E-state index is 0.118. The molecule has 0 radical (unpaired) electrons. The molecular weight excluding hydrogens is 271 g/mol. The Balaban J connectivity index is 2.04. The van der Waals surface area contributed by atoms with Gasteiger partial charge in [0.05, 0.1) is 12.5 Å². The number of aryl methyl sites for hydroxylation is 2. The maximum atomic E-state index is 13.6. The molecule has 2 rings (SSSR count). The van der Waals surface area contributed by atoms with Crippen molar-refractivity contribution >= 4 is 11.8 Å². The van der Waals surface area contributed by atoms with Crippen LogP contribution in [0.4, 0.5) is 4.39 Å². The summed E-state index contributed by atoms with van der Waals surface area (Å²) in [5, 5.41) is 3.10. The Labute approximate surface area is 124 Å². The number of carbonyl (C=O) groups excluding carboxylic acids is 2. The van der Waals surface area contributed by atoms with Gasteiger partial charge in [0.25, 0.3) is 0 Å². The topological polar surface area (TPSA) is 49.4 Å². The van der Waals surface area contributed by atoms with Crippen LogP contribution in [-0.4, -0.2) is 28.8 Å². The van der Waals surface area contributed by atoms with Crippen LogP contribution in [0, 0.1) is 19.7 Å². The second-order valence-electron chi connectivity index (χ2n) is 5.88. The molecule has 1 fully saturated rings. The van der Waals surface area contributed by atoms with Crippen LogP contribution in [-0.2, 0) is 16.1 Å². The van der Waals surface area contributed by atoms with Crippen LogP contribution in [0.1, 0.15) is 37.0 Å². The van der Waals surface area contributed by atoms with Crippen LogP contribution in [0.2, 0.25) is 0 Å². The van der Waals surface area contributed by atoms with E-state index in [1.807, 2.05) is 13.8 Å². The molecule has 0 aromatic heterocycles. The summed E-state index contributed by atoms with van der Waals surface area (Å²) in [6.07, 6.45) is 0.191. The minimum Gasteiger partial charge on any atom is -0.301 e. The first-order chi connectivity index (χ1) is 9.81. The quantitative estimate of drug-likeness (QED) is 0.864. The van der Waals surface area contributed by atoms with Crippen LogP contribution in [0.15, 0.2) is 12.1 Å². The van der Waals surface area contributed by atoms with Gasteiger partial charge in [0, 0.05) is 12.6 Å². The Kier molecular flexibility index (Phi) is 4.42. The van der Waals surface area contributed by atoms with E-state index in [9.17, 15) is 14.0 Å². The molecule has 0 aliphatic carbocycles. The zero-order valence-electron chi connectivity index (χ0n) is 12.9. The van der Waals surface area contributed by atoms with Gasteiger partial charge in [-0.25, -0.2) is 4.39 Å². The molecule has 1 aliphatic heterocycles. The number of nitrogens with zero attached hydrogens (tertiary/aromatic N) is 1. The standard InChI is InChI=1S/C16H21FN2O2/c1-9(2)19-14(20)7-13(16(19)21)18-8-12-5-10(3)15(17)11(4)6-12/h5-6,9,13,18H,7-8H2,1-4H3. The van der Waals surface area contributed by atoms with Crippen LogP contribution in [0.3, 0.4) is 0 Å². The van der Waals surface area contributed by atoms with E-state index in [2.05, 4.69) is 5.32 Å². The Morgan fingerprint density at radius 2 is 1.86 bits per heavy atom. The smallest absolute Gasteiger partial charge is 0.247 e. The molecule has 1 N–H and O–H groups in total. The number of amides is 2. The molecule has 1 aromatic carbocycles. The fourth-order valence-corrected chi connectivity index (χ4v) is 2.73. The molecule has 1 unspecified atom stereocenters. The number of hydrogen-bond acceptors (Lipinski definition) is 3. The number of benzene rings is 1. The largest absolute Gasteiger partial charge is 0.301 e. The zero-order chi connectivity index (χ0) is 15.7. The van der Waals surface area contributed by atoms with Crippen molar-refractivity contribution in [2.24, 2.45) is 0 Å². The fraction of sp³-hybridized carbons (Fsp3) is 0.500. The van der Waals surface area contributed by atoms with Crippen molar-refractivity contribution in [2.75, 3.05) is 0 Å². The number of imide groups is 1. The van der Waals surface area contributed by atoms with E-state index in [0.717, 1.165) is 5.56 Å². The molecule has 1 atom stereocenters. The Morgan fingerprint density at radius 3 is 2.33 bits per heavy atom. The van der Waals surface area contributed by atoms with Crippen molar-refractivity contribution in [3.05, 3.63) is 34.6 Å². The molecule has 1 saturated heterocycles. The highest BCUT2D eigenvalue weighted by Gasteiger charge is 2.39. The number of halogens is 1. The van der Waals surface area contributed by atoms with Gasteiger partial charge in [0.1, 0.15) is 5.82 Å². The summed E-state index contributed by atoms with van der Waals surface area (Å²) >= 11 is 0. The van der Waals surface area contributed by atoms with Gasteiger partial charge in [-0.15, -0.1) is 0 Å². The third kappa shape index (κ3) is 3.13. The Morgan fingerprint density at radius 1 is 1.29 bits per heavy atom. The number of likely N-dealkylation sites (tertiary alicyclic amines) is 1. The van der Waals surface area contributed by atoms with Gasteiger partial charge in [-0.1, -0.05) is 12.1 Å². The lowest BCUT2D eigenvalue weighted by Gasteiger charge is -2.19. The summed E-state index contributed by atoms with van der Waals surface area (Å²) in [7, 11) is 0. The van der Waals surface area contributed by atoms with Gasteiger partial charge >= 0.3 is 0 Å². The van der Waals surface area contributed by atoms with Crippen molar-refractivity contribution < 1.29 is 14.0 Å². The highest BCUT2D eigenvalue weighted by Crippen LogP contribution is 2.18. The van der Waals surface area contributed by atoms with Gasteiger partial charge in [-0.2, -0.15) is 0 Å². The van der Waals surface area contributed by atoms with E-state index in [-0.39, 0.29) is 30.1 Å². The minimum atomic E-state index is -0.481. The van der Waals surface area contributed by atoms with Gasteiger partial charge in [0.2, 0.25) is 11.8 Å². The molecule has 1 aliphatic rings. The lowest BCUT2D eigenvalue weighted by molar-refractivity contribution is -0.140. The van der Waals surface area contributed by atoms with E-state index in [1.54, 1.807) is 26.0 Å². The van der Waals surface area contributed by atoms with E-state index >= 15 is 0 Å². The van der Waals surface area contributed by atoms with Crippen LogP contribution >= 0.6 is 0 Å². The normalized spacial score (nSPS) is 19.0. The Bertz CT molecular complexity index is 561. The summed E-state index contributed by atoms with van der Waals surface area (Å²) in [6.45, 7) is 7.53. The van der Waals surface area contributed by atoms with E-state index in [4.69, 9.17) is 0 Å². The highest BCUT2D eigenvalue weighted by atomic mass is 19.1. The third-order valence-corrected chi connectivity index (χ3v) is 3.75. The molecule has 21 heavy (non-hydrogen) atoms. The highest BCUT2D eigenvalue weighted by molar-refractivity contribution is 6.05. The predicted octanol–water partition coefficient (Wildman–Crippen LogP) is 2.07. The lowest BCUT2D eigenvalue weighted by atomic mass is 10.1. The molecule has 1 aromatic rings. The summed E-state index contributed by atoms with van der Waals surface area (Å²) < 4.78 is 13.6. The molecule has 1 heterocycles. The Hall–Kier alpha value is -1.75. The van der Waals surface area contributed by atoms with E-state index < -0.39 is 6.04 Å². The molecule has 5 heteroatoms. The second-order valence-corrected chi connectivity index (χ2v) is 5.88. The molecule has 0 spiro atoms. The lowest BCUT2D eigenvalue weighted by Crippen LogP contribution is -2.41.